The summed E-state index contributed by atoms with van der Waals surface area (Å²) in [6, 6.07) is 14.4. The van der Waals surface area contributed by atoms with Crippen LogP contribution in [0.25, 0.3) is 0 Å². The number of rotatable bonds is 4. The summed E-state index contributed by atoms with van der Waals surface area (Å²) < 4.78 is 6.04. The van der Waals surface area contributed by atoms with Crippen molar-refractivity contribution in [3.8, 4) is 5.75 Å². The zero-order chi connectivity index (χ0) is 14.7. The largest absolute Gasteiger partial charge is 0.493 e. The van der Waals surface area contributed by atoms with Crippen LogP contribution in [-0.4, -0.2) is 6.61 Å². The van der Waals surface area contributed by atoms with Gasteiger partial charge in [0.05, 0.1) is 6.61 Å². The predicted octanol–water partition coefficient (Wildman–Crippen LogP) is 4.30. The van der Waals surface area contributed by atoms with E-state index in [1.807, 2.05) is 18.2 Å². The first kappa shape index (κ1) is 14.4. The van der Waals surface area contributed by atoms with Gasteiger partial charge in [-0.15, -0.1) is 0 Å². The van der Waals surface area contributed by atoms with Gasteiger partial charge in [0.15, 0.2) is 0 Å². The number of fused-ring (bicyclic) bond motifs is 1. The summed E-state index contributed by atoms with van der Waals surface area (Å²) in [5.74, 6) is 1.27. The first-order valence-corrected chi connectivity index (χ1v) is 7.85. The van der Waals surface area contributed by atoms with E-state index in [1.165, 1.54) is 30.4 Å². The van der Waals surface area contributed by atoms with E-state index in [4.69, 9.17) is 22.1 Å². The van der Waals surface area contributed by atoms with Crippen LogP contribution in [0.5, 0.6) is 5.75 Å². The van der Waals surface area contributed by atoms with E-state index >= 15 is 0 Å². The molecule has 1 unspecified atom stereocenters. The highest BCUT2D eigenvalue weighted by Crippen LogP contribution is 2.33. The van der Waals surface area contributed by atoms with Crippen LogP contribution in [0, 0.1) is 0 Å². The summed E-state index contributed by atoms with van der Waals surface area (Å²) >= 11 is 6.17. The number of aryl methyl sites for hydroxylation is 1. The van der Waals surface area contributed by atoms with Crippen LogP contribution in [0.2, 0.25) is 5.02 Å². The lowest BCUT2D eigenvalue weighted by atomic mass is 9.83. The molecule has 1 atom stereocenters. The van der Waals surface area contributed by atoms with Crippen LogP contribution >= 0.6 is 11.6 Å². The third-order valence-electron chi connectivity index (χ3n) is 4.21. The normalized spacial score (nSPS) is 17.3. The molecule has 1 aliphatic carbocycles. The summed E-state index contributed by atoms with van der Waals surface area (Å²) in [4.78, 5) is 0. The van der Waals surface area contributed by atoms with Crippen molar-refractivity contribution in [1.82, 2.24) is 0 Å². The van der Waals surface area contributed by atoms with Crippen LogP contribution in [0.4, 0.5) is 0 Å². The van der Waals surface area contributed by atoms with Crippen LogP contribution in [-0.2, 0) is 13.0 Å². The van der Waals surface area contributed by atoms with E-state index in [9.17, 15) is 0 Å². The van der Waals surface area contributed by atoms with Gasteiger partial charge >= 0.3 is 0 Å². The predicted molar refractivity (Wildman–Crippen MR) is 87.0 cm³/mol. The van der Waals surface area contributed by atoms with Gasteiger partial charge in [-0.3, -0.25) is 0 Å². The molecule has 0 fully saturated rings. The summed E-state index contributed by atoms with van der Waals surface area (Å²) in [5, 5.41) is 0.680. The maximum Gasteiger partial charge on any atom is 0.125 e. The van der Waals surface area contributed by atoms with Gasteiger partial charge in [-0.25, -0.2) is 0 Å². The molecule has 2 N–H and O–H groups in total. The number of benzene rings is 2. The van der Waals surface area contributed by atoms with Crippen molar-refractivity contribution in [1.29, 1.82) is 0 Å². The quantitative estimate of drug-likeness (QED) is 0.914. The molecular weight excluding hydrogens is 282 g/mol. The Morgan fingerprint density at radius 2 is 2.00 bits per heavy atom. The number of ether oxygens (including phenoxy) is 1. The van der Waals surface area contributed by atoms with Crippen molar-refractivity contribution in [3.05, 3.63) is 64.2 Å². The van der Waals surface area contributed by atoms with Gasteiger partial charge in [0.2, 0.25) is 0 Å². The Kier molecular flexibility index (Phi) is 4.47. The minimum Gasteiger partial charge on any atom is -0.493 e. The average molecular weight is 302 g/mol. The molecule has 0 aliphatic heterocycles. The SMILES string of the molecule is NCc1c(Cl)cccc1OCC1CCCc2ccccc21. The van der Waals surface area contributed by atoms with E-state index in [-0.39, 0.29) is 0 Å². The molecule has 0 radical (unpaired) electrons. The highest BCUT2D eigenvalue weighted by Gasteiger charge is 2.20. The standard InChI is InChI=1S/C18H20ClNO/c19-17-9-4-10-18(16(17)11-20)21-12-14-7-3-6-13-5-1-2-8-15(13)14/h1-2,4-5,8-10,14H,3,6-7,11-12,20H2. The number of halogens is 1. The lowest BCUT2D eigenvalue weighted by molar-refractivity contribution is 0.272. The molecule has 110 valence electrons. The van der Waals surface area contributed by atoms with Gasteiger partial charge in [0.25, 0.3) is 0 Å². The monoisotopic (exact) mass is 301 g/mol. The highest BCUT2D eigenvalue weighted by atomic mass is 35.5. The molecule has 3 rings (SSSR count). The molecule has 0 amide bonds. The lowest BCUT2D eigenvalue weighted by Crippen LogP contribution is -2.17. The summed E-state index contributed by atoms with van der Waals surface area (Å²) in [6.07, 6.45) is 3.58. The Labute approximate surface area is 130 Å². The Morgan fingerprint density at radius 1 is 1.14 bits per heavy atom. The van der Waals surface area contributed by atoms with Gasteiger partial charge in [0.1, 0.15) is 5.75 Å². The van der Waals surface area contributed by atoms with Gasteiger partial charge in [-0.05, 0) is 42.5 Å². The second-order valence-corrected chi connectivity index (χ2v) is 5.93. The molecule has 0 spiro atoms. The second kappa shape index (κ2) is 6.50. The molecule has 1 aliphatic rings. The van der Waals surface area contributed by atoms with E-state index in [0.29, 0.717) is 24.1 Å². The van der Waals surface area contributed by atoms with Crippen molar-refractivity contribution in [3.63, 3.8) is 0 Å². The molecule has 0 heterocycles. The Balaban J connectivity index is 1.76. The lowest BCUT2D eigenvalue weighted by Gasteiger charge is -2.26. The fraction of sp³-hybridized carbons (Fsp3) is 0.333. The molecule has 0 bridgehead atoms. The minimum atomic E-state index is 0.399. The van der Waals surface area contributed by atoms with Crippen LogP contribution in [0.15, 0.2) is 42.5 Å². The number of hydrogen-bond acceptors (Lipinski definition) is 2. The van der Waals surface area contributed by atoms with Crippen molar-refractivity contribution in [2.24, 2.45) is 5.73 Å². The first-order chi connectivity index (χ1) is 10.3. The Bertz CT molecular complexity index is 626. The molecule has 0 saturated heterocycles. The van der Waals surface area contributed by atoms with E-state index < -0.39 is 0 Å². The fourth-order valence-corrected chi connectivity index (χ4v) is 3.33. The Morgan fingerprint density at radius 3 is 2.86 bits per heavy atom. The van der Waals surface area contributed by atoms with Crippen LogP contribution < -0.4 is 10.5 Å². The van der Waals surface area contributed by atoms with Gasteiger partial charge in [-0.2, -0.15) is 0 Å². The molecular formula is C18H20ClNO. The van der Waals surface area contributed by atoms with Gasteiger partial charge < -0.3 is 10.5 Å². The van der Waals surface area contributed by atoms with Crippen molar-refractivity contribution in [2.75, 3.05) is 6.61 Å². The van der Waals surface area contributed by atoms with Crippen molar-refractivity contribution >= 4 is 11.6 Å². The number of hydrogen-bond donors (Lipinski definition) is 1. The molecule has 2 aromatic rings. The van der Waals surface area contributed by atoms with Gasteiger partial charge in [-0.1, -0.05) is 41.9 Å². The van der Waals surface area contributed by atoms with E-state index in [0.717, 1.165) is 11.3 Å². The average Bonchev–Trinajstić information content (AvgIpc) is 2.53. The number of nitrogens with two attached hydrogens (primary N) is 1. The summed E-state index contributed by atoms with van der Waals surface area (Å²) in [7, 11) is 0. The molecule has 0 aromatic heterocycles. The Hall–Kier alpha value is -1.51. The first-order valence-electron chi connectivity index (χ1n) is 7.47. The molecule has 21 heavy (non-hydrogen) atoms. The fourth-order valence-electron chi connectivity index (χ4n) is 3.09. The zero-order valence-corrected chi connectivity index (χ0v) is 12.8. The molecule has 2 aromatic carbocycles. The van der Waals surface area contributed by atoms with Crippen molar-refractivity contribution < 1.29 is 4.74 Å². The summed E-state index contributed by atoms with van der Waals surface area (Å²) in [6.45, 7) is 1.08. The zero-order valence-electron chi connectivity index (χ0n) is 12.0. The van der Waals surface area contributed by atoms with Crippen LogP contribution in [0.3, 0.4) is 0 Å². The van der Waals surface area contributed by atoms with E-state index in [1.54, 1.807) is 0 Å². The smallest absolute Gasteiger partial charge is 0.125 e. The molecule has 0 saturated carbocycles. The highest BCUT2D eigenvalue weighted by molar-refractivity contribution is 6.31. The third kappa shape index (κ3) is 3.07. The minimum absolute atomic E-state index is 0.399. The maximum atomic E-state index is 6.17. The van der Waals surface area contributed by atoms with Crippen molar-refractivity contribution in [2.45, 2.75) is 31.7 Å². The topological polar surface area (TPSA) is 35.2 Å². The summed E-state index contributed by atoms with van der Waals surface area (Å²) in [5.41, 5.74) is 9.56. The van der Waals surface area contributed by atoms with Gasteiger partial charge in [0, 0.05) is 23.0 Å². The third-order valence-corrected chi connectivity index (χ3v) is 4.57. The van der Waals surface area contributed by atoms with E-state index in [2.05, 4.69) is 24.3 Å². The molecule has 2 nitrogen and oxygen atoms in total. The van der Waals surface area contributed by atoms with Crippen LogP contribution in [0.1, 0.15) is 35.4 Å². The second-order valence-electron chi connectivity index (χ2n) is 5.52. The maximum absolute atomic E-state index is 6.17. The molecule has 3 heteroatoms.